The molecule has 0 spiro atoms. The first-order valence-corrected chi connectivity index (χ1v) is 5.43. The van der Waals surface area contributed by atoms with Gasteiger partial charge in [-0.05, 0) is 19.1 Å². The molecule has 90 valence electrons. The van der Waals surface area contributed by atoms with Gasteiger partial charge in [0.05, 0.1) is 19.2 Å². The predicted octanol–water partition coefficient (Wildman–Crippen LogP) is 1.92. The van der Waals surface area contributed by atoms with Gasteiger partial charge in [-0.15, -0.1) is 0 Å². The normalized spacial score (nSPS) is 10.5. The molecule has 2 rings (SSSR count). The number of aliphatic hydroxyl groups is 1. The minimum Gasteiger partial charge on any atom is -0.497 e. The van der Waals surface area contributed by atoms with Crippen molar-refractivity contribution in [3.8, 4) is 11.5 Å². The van der Waals surface area contributed by atoms with Crippen LogP contribution in [-0.4, -0.2) is 30.4 Å². The van der Waals surface area contributed by atoms with Gasteiger partial charge in [0.1, 0.15) is 18.1 Å². The minimum absolute atomic E-state index is 0.000974. The Balaban J connectivity index is 2.51. The first kappa shape index (κ1) is 11.7. The van der Waals surface area contributed by atoms with Crippen LogP contribution in [0.4, 0.5) is 0 Å². The van der Waals surface area contributed by atoms with Gasteiger partial charge in [0.15, 0.2) is 0 Å². The van der Waals surface area contributed by atoms with Crippen molar-refractivity contribution in [2.24, 2.45) is 0 Å². The fraction of sp³-hybridized carbons (Fsp3) is 0.308. The quantitative estimate of drug-likeness (QED) is 0.876. The van der Waals surface area contributed by atoms with Crippen LogP contribution < -0.4 is 9.47 Å². The van der Waals surface area contributed by atoms with Crippen molar-refractivity contribution in [1.82, 2.24) is 4.98 Å². The van der Waals surface area contributed by atoms with E-state index in [0.29, 0.717) is 0 Å². The third-order valence-corrected chi connectivity index (χ3v) is 2.46. The molecule has 2 aromatic rings. The van der Waals surface area contributed by atoms with Gasteiger partial charge in [-0.3, -0.25) is 4.98 Å². The summed E-state index contributed by atoms with van der Waals surface area (Å²) >= 11 is 0. The van der Waals surface area contributed by atoms with Crippen LogP contribution in [0.2, 0.25) is 0 Å². The van der Waals surface area contributed by atoms with E-state index in [1.54, 1.807) is 7.11 Å². The number of aromatic nitrogens is 1. The van der Waals surface area contributed by atoms with E-state index in [1.165, 1.54) is 0 Å². The van der Waals surface area contributed by atoms with Crippen LogP contribution in [-0.2, 0) is 0 Å². The molecule has 0 atom stereocenters. The second-order valence-electron chi connectivity index (χ2n) is 3.72. The van der Waals surface area contributed by atoms with Gasteiger partial charge in [-0.1, -0.05) is 0 Å². The van der Waals surface area contributed by atoms with E-state index in [4.69, 9.17) is 14.6 Å². The number of aliphatic hydroxyl groups excluding tert-OH is 1. The summed E-state index contributed by atoms with van der Waals surface area (Å²) in [5.74, 6) is 1.51. The second-order valence-corrected chi connectivity index (χ2v) is 3.72. The number of methoxy groups -OCH3 is 1. The van der Waals surface area contributed by atoms with E-state index < -0.39 is 0 Å². The highest BCUT2D eigenvalue weighted by Gasteiger charge is 2.06. The molecule has 0 amide bonds. The highest BCUT2D eigenvalue weighted by atomic mass is 16.5. The molecule has 17 heavy (non-hydrogen) atoms. The molecule has 0 radical (unpaired) electrons. The molecule has 0 fully saturated rings. The number of hydrogen-bond donors (Lipinski definition) is 1. The van der Waals surface area contributed by atoms with Crippen LogP contribution in [0.1, 0.15) is 5.69 Å². The molecule has 4 nitrogen and oxygen atoms in total. The molecule has 1 N–H and O–H groups in total. The van der Waals surface area contributed by atoms with Crippen LogP contribution in [0, 0.1) is 6.92 Å². The zero-order valence-electron chi connectivity index (χ0n) is 9.93. The maximum Gasteiger partial charge on any atom is 0.130 e. The standard InChI is InChI=1S/C13H15NO3/c1-9-7-13(17-6-5-15)11-4-3-10(16-2)8-12(11)14-9/h3-4,7-8,15H,5-6H2,1-2H3. The summed E-state index contributed by atoms with van der Waals surface area (Å²) in [6, 6.07) is 7.51. The van der Waals surface area contributed by atoms with Crippen molar-refractivity contribution in [2.75, 3.05) is 20.3 Å². The number of aryl methyl sites for hydroxylation is 1. The van der Waals surface area contributed by atoms with Gasteiger partial charge in [-0.2, -0.15) is 0 Å². The molecule has 4 heteroatoms. The Morgan fingerprint density at radius 1 is 1.29 bits per heavy atom. The Morgan fingerprint density at radius 3 is 2.82 bits per heavy atom. The zero-order chi connectivity index (χ0) is 12.3. The number of hydrogen-bond acceptors (Lipinski definition) is 4. The van der Waals surface area contributed by atoms with E-state index in [0.717, 1.165) is 28.1 Å². The third-order valence-electron chi connectivity index (χ3n) is 2.46. The number of pyridine rings is 1. The van der Waals surface area contributed by atoms with Crippen LogP contribution >= 0.6 is 0 Å². The Bertz CT molecular complexity index is 525. The summed E-state index contributed by atoms with van der Waals surface area (Å²) in [5, 5.41) is 9.71. The van der Waals surface area contributed by atoms with Crippen molar-refractivity contribution in [1.29, 1.82) is 0 Å². The molecular formula is C13H15NO3. The van der Waals surface area contributed by atoms with Gasteiger partial charge >= 0.3 is 0 Å². The fourth-order valence-corrected chi connectivity index (χ4v) is 1.70. The molecule has 0 aliphatic rings. The van der Waals surface area contributed by atoms with Gasteiger partial charge in [0.25, 0.3) is 0 Å². The van der Waals surface area contributed by atoms with Crippen molar-refractivity contribution < 1.29 is 14.6 Å². The minimum atomic E-state index is -0.000974. The van der Waals surface area contributed by atoms with Crippen molar-refractivity contribution in [3.05, 3.63) is 30.0 Å². The lowest BCUT2D eigenvalue weighted by Gasteiger charge is -2.10. The summed E-state index contributed by atoms with van der Waals surface area (Å²) < 4.78 is 10.7. The number of fused-ring (bicyclic) bond motifs is 1. The lowest BCUT2D eigenvalue weighted by atomic mass is 10.2. The second kappa shape index (κ2) is 5.01. The highest BCUT2D eigenvalue weighted by Crippen LogP contribution is 2.28. The average Bonchev–Trinajstić information content (AvgIpc) is 2.34. The Morgan fingerprint density at radius 2 is 2.12 bits per heavy atom. The average molecular weight is 233 g/mol. The number of rotatable bonds is 4. The van der Waals surface area contributed by atoms with E-state index in [-0.39, 0.29) is 13.2 Å². The zero-order valence-corrected chi connectivity index (χ0v) is 9.93. The summed E-state index contributed by atoms with van der Waals surface area (Å²) in [6.07, 6.45) is 0. The van der Waals surface area contributed by atoms with Gasteiger partial charge < -0.3 is 14.6 Å². The molecular weight excluding hydrogens is 218 g/mol. The van der Waals surface area contributed by atoms with Crippen LogP contribution in [0.3, 0.4) is 0 Å². The van der Waals surface area contributed by atoms with E-state index in [2.05, 4.69) is 4.98 Å². The van der Waals surface area contributed by atoms with Gasteiger partial charge in [-0.25, -0.2) is 0 Å². The van der Waals surface area contributed by atoms with Crippen molar-refractivity contribution in [3.63, 3.8) is 0 Å². The third kappa shape index (κ3) is 2.47. The van der Waals surface area contributed by atoms with E-state index in [1.807, 2.05) is 31.2 Å². The molecule has 0 unspecified atom stereocenters. The lowest BCUT2D eigenvalue weighted by molar-refractivity contribution is 0.202. The summed E-state index contributed by atoms with van der Waals surface area (Å²) in [4.78, 5) is 4.43. The van der Waals surface area contributed by atoms with Crippen LogP contribution in [0.25, 0.3) is 10.9 Å². The summed E-state index contributed by atoms with van der Waals surface area (Å²) in [6.45, 7) is 2.19. The van der Waals surface area contributed by atoms with Crippen molar-refractivity contribution in [2.45, 2.75) is 6.92 Å². The first-order chi connectivity index (χ1) is 8.24. The molecule has 0 aliphatic carbocycles. The maximum atomic E-state index is 8.79. The van der Waals surface area contributed by atoms with Crippen LogP contribution in [0.5, 0.6) is 11.5 Å². The van der Waals surface area contributed by atoms with Gasteiger partial charge in [0.2, 0.25) is 0 Å². The molecule has 0 saturated carbocycles. The predicted molar refractivity (Wildman–Crippen MR) is 65.6 cm³/mol. The van der Waals surface area contributed by atoms with E-state index in [9.17, 15) is 0 Å². The van der Waals surface area contributed by atoms with Crippen molar-refractivity contribution >= 4 is 10.9 Å². The largest absolute Gasteiger partial charge is 0.497 e. The Kier molecular flexibility index (Phi) is 3.44. The highest BCUT2D eigenvalue weighted by molar-refractivity contribution is 5.86. The molecule has 1 aromatic heterocycles. The van der Waals surface area contributed by atoms with E-state index >= 15 is 0 Å². The monoisotopic (exact) mass is 233 g/mol. The number of nitrogens with zero attached hydrogens (tertiary/aromatic N) is 1. The summed E-state index contributed by atoms with van der Waals surface area (Å²) in [5.41, 5.74) is 1.70. The Labute approximate surface area is 99.8 Å². The molecule has 1 heterocycles. The summed E-state index contributed by atoms with van der Waals surface area (Å²) in [7, 11) is 1.63. The topological polar surface area (TPSA) is 51.6 Å². The Hall–Kier alpha value is -1.81. The smallest absolute Gasteiger partial charge is 0.130 e. The number of benzene rings is 1. The van der Waals surface area contributed by atoms with Gasteiger partial charge in [0, 0.05) is 23.2 Å². The number of ether oxygens (including phenoxy) is 2. The SMILES string of the molecule is COc1ccc2c(OCCO)cc(C)nc2c1. The maximum absolute atomic E-state index is 8.79. The van der Waals surface area contributed by atoms with Crippen LogP contribution in [0.15, 0.2) is 24.3 Å². The molecule has 0 aliphatic heterocycles. The molecule has 0 saturated heterocycles. The fourth-order valence-electron chi connectivity index (χ4n) is 1.70. The first-order valence-electron chi connectivity index (χ1n) is 5.43. The lowest BCUT2D eigenvalue weighted by Crippen LogP contribution is -2.02. The molecule has 0 bridgehead atoms. The molecule has 1 aromatic carbocycles.